The van der Waals surface area contributed by atoms with Crippen molar-refractivity contribution >= 4 is 29.0 Å². The number of aromatic nitrogens is 6. The largest absolute Gasteiger partial charge is 0.379 e. The van der Waals surface area contributed by atoms with Gasteiger partial charge in [-0.3, -0.25) is 14.3 Å². The number of imidazole rings is 2. The maximum atomic E-state index is 15.7. The molecule has 5 aromatic rings. The molecule has 3 aromatic heterocycles. The minimum Gasteiger partial charge on any atom is -0.379 e. The van der Waals surface area contributed by atoms with Crippen LogP contribution in [0.15, 0.2) is 55.5 Å². The van der Waals surface area contributed by atoms with Gasteiger partial charge in [0.2, 0.25) is 5.95 Å². The Morgan fingerprint density at radius 1 is 1.00 bits per heavy atom. The Bertz CT molecular complexity index is 1940. The molecule has 0 saturated carbocycles. The van der Waals surface area contributed by atoms with Gasteiger partial charge in [-0.2, -0.15) is 0 Å². The number of halogens is 3. The number of carbonyl (C=O) groups excluding carboxylic acids is 1. The highest BCUT2D eigenvalue weighted by atomic mass is 19.1. The van der Waals surface area contributed by atoms with E-state index in [0.717, 1.165) is 43.0 Å². The molecule has 0 unspecified atom stereocenters. The molecule has 0 radical (unpaired) electrons. The quantitative estimate of drug-likeness (QED) is 0.176. The number of ether oxygens (including phenoxy) is 1. The third-order valence-electron chi connectivity index (χ3n) is 8.06. The Labute approximate surface area is 275 Å². The van der Waals surface area contributed by atoms with Crippen molar-refractivity contribution in [3.8, 4) is 11.5 Å². The third kappa shape index (κ3) is 6.87. The Kier molecular flexibility index (Phi) is 9.68. The summed E-state index contributed by atoms with van der Waals surface area (Å²) in [7, 11) is 0. The first-order valence-corrected chi connectivity index (χ1v) is 15.5. The molecule has 1 aliphatic heterocycles. The molecule has 3 N–H and O–H groups in total. The second-order valence-corrected chi connectivity index (χ2v) is 11.3. The predicted molar refractivity (Wildman–Crippen MR) is 175 cm³/mol. The van der Waals surface area contributed by atoms with Crippen LogP contribution in [0.4, 0.5) is 36.3 Å². The van der Waals surface area contributed by atoms with Gasteiger partial charge in [0, 0.05) is 67.8 Å². The van der Waals surface area contributed by atoms with E-state index in [9.17, 15) is 4.79 Å². The van der Waals surface area contributed by atoms with Crippen LogP contribution in [-0.4, -0.2) is 79.3 Å². The average molecular weight is 661 g/mol. The number of aryl methyl sites for hydroxylation is 2. The Balaban J connectivity index is 1.21. The molecule has 2 aromatic carbocycles. The summed E-state index contributed by atoms with van der Waals surface area (Å²) in [5, 5.41) is 9.16. The van der Waals surface area contributed by atoms with E-state index in [1.165, 1.54) is 25.8 Å². The smallest absolute Gasteiger partial charge is 0.261 e. The zero-order valence-corrected chi connectivity index (χ0v) is 26.7. The molecule has 4 heterocycles. The van der Waals surface area contributed by atoms with E-state index in [4.69, 9.17) is 4.74 Å². The number of nitrogens with zero attached hydrogens (tertiary/aromatic N) is 7. The minimum atomic E-state index is -1.33. The third-order valence-corrected chi connectivity index (χ3v) is 8.06. The van der Waals surface area contributed by atoms with Crippen molar-refractivity contribution in [2.24, 2.45) is 0 Å². The van der Waals surface area contributed by atoms with E-state index in [-0.39, 0.29) is 12.1 Å². The zero-order valence-electron chi connectivity index (χ0n) is 26.7. The second-order valence-electron chi connectivity index (χ2n) is 11.3. The highest BCUT2D eigenvalue weighted by Gasteiger charge is 2.29. The van der Waals surface area contributed by atoms with Gasteiger partial charge in [0.25, 0.3) is 5.91 Å². The minimum absolute atomic E-state index is 0.0948. The highest BCUT2D eigenvalue weighted by Crippen LogP contribution is 2.31. The summed E-state index contributed by atoms with van der Waals surface area (Å²) in [4.78, 5) is 32.9. The van der Waals surface area contributed by atoms with Crippen molar-refractivity contribution in [1.29, 1.82) is 0 Å². The molecule has 0 spiro atoms. The monoisotopic (exact) mass is 660 g/mol. The lowest BCUT2D eigenvalue weighted by Gasteiger charge is -2.26. The first kappa shape index (κ1) is 32.7. The number of nitrogens with one attached hydrogen (secondary N) is 3. The summed E-state index contributed by atoms with van der Waals surface area (Å²) in [5.74, 6) is -3.07. The highest BCUT2D eigenvalue weighted by molar-refractivity contribution is 6.05. The van der Waals surface area contributed by atoms with Crippen LogP contribution >= 0.6 is 0 Å². The van der Waals surface area contributed by atoms with E-state index in [0.29, 0.717) is 35.5 Å². The SMILES string of the molecule is CCc1c(F)c(C(=O)Nc2ccc(C)c(Nc3nccn3-c3cc(NCCN4CCOCC4)ncn3)c2)c(F)c(-n2cnc(C)c2)c1F. The number of hydrogen-bond donors (Lipinski definition) is 3. The lowest BCUT2D eigenvalue weighted by atomic mass is 10.0. The van der Waals surface area contributed by atoms with Gasteiger partial charge in [0.05, 0.1) is 25.2 Å². The van der Waals surface area contributed by atoms with Crippen LogP contribution in [0.2, 0.25) is 0 Å². The van der Waals surface area contributed by atoms with E-state index >= 15 is 13.2 Å². The van der Waals surface area contributed by atoms with E-state index < -0.39 is 40.2 Å². The molecule has 1 aliphatic rings. The Morgan fingerprint density at radius 2 is 1.81 bits per heavy atom. The van der Waals surface area contributed by atoms with Gasteiger partial charge >= 0.3 is 0 Å². The molecule has 0 bridgehead atoms. The normalized spacial score (nSPS) is 13.5. The average Bonchev–Trinajstić information content (AvgIpc) is 3.72. The number of benzene rings is 2. The number of hydrogen-bond acceptors (Lipinski definition) is 9. The topological polar surface area (TPSA) is 127 Å². The molecule has 250 valence electrons. The van der Waals surface area contributed by atoms with Gasteiger partial charge in [-0.15, -0.1) is 0 Å². The molecule has 0 aliphatic carbocycles. The van der Waals surface area contributed by atoms with Crippen molar-refractivity contribution in [3.05, 3.63) is 95.3 Å². The summed E-state index contributed by atoms with van der Waals surface area (Å²) >= 11 is 0. The summed E-state index contributed by atoms with van der Waals surface area (Å²) < 4.78 is 54.6. The van der Waals surface area contributed by atoms with Gasteiger partial charge < -0.3 is 25.3 Å². The van der Waals surface area contributed by atoms with E-state index in [2.05, 4.69) is 40.8 Å². The van der Waals surface area contributed by atoms with Gasteiger partial charge in [-0.25, -0.2) is 33.1 Å². The van der Waals surface area contributed by atoms with Gasteiger partial charge in [0.15, 0.2) is 11.6 Å². The summed E-state index contributed by atoms with van der Waals surface area (Å²) in [5.41, 5.74) is 0.264. The summed E-state index contributed by atoms with van der Waals surface area (Å²) in [6, 6.07) is 6.77. The van der Waals surface area contributed by atoms with Crippen LogP contribution < -0.4 is 16.0 Å². The summed E-state index contributed by atoms with van der Waals surface area (Å²) in [6.07, 6.45) is 7.34. The molecule has 15 heteroatoms. The number of anilines is 4. The maximum absolute atomic E-state index is 15.7. The molecular formula is C33H35F3N10O2. The van der Waals surface area contributed by atoms with Crippen LogP contribution in [0.3, 0.4) is 0 Å². The lowest BCUT2D eigenvalue weighted by molar-refractivity contribution is 0.0398. The number of rotatable bonds is 11. The van der Waals surface area contributed by atoms with E-state index in [1.807, 2.05) is 13.0 Å². The van der Waals surface area contributed by atoms with Crippen molar-refractivity contribution in [2.45, 2.75) is 27.2 Å². The Hall–Kier alpha value is -5.28. The standard InChI is InChI=1S/C33H35F3N10O2/c1-4-23-28(34)27(30(36)31(29(23)35)45-17-21(3)41-19-45)32(47)42-22-6-5-20(2)24(15-22)43-33-38-8-10-46(33)26-16-25(39-18-40-26)37-7-9-44-11-13-48-14-12-44/h5-6,8,10,15-19H,4,7,9,11-14H2,1-3H3,(H,38,43)(H,42,47)(H,37,39,40). The van der Waals surface area contributed by atoms with Crippen LogP contribution in [0.1, 0.15) is 34.1 Å². The molecule has 48 heavy (non-hydrogen) atoms. The second kappa shape index (κ2) is 14.2. The fourth-order valence-corrected chi connectivity index (χ4v) is 5.45. The lowest BCUT2D eigenvalue weighted by Crippen LogP contribution is -2.39. The maximum Gasteiger partial charge on any atom is 0.261 e. The predicted octanol–water partition coefficient (Wildman–Crippen LogP) is 5.18. The first-order chi connectivity index (χ1) is 23.2. The van der Waals surface area contributed by atoms with Crippen LogP contribution in [0.5, 0.6) is 0 Å². The first-order valence-electron chi connectivity index (χ1n) is 15.5. The molecule has 12 nitrogen and oxygen atoms in total. The van der Waals surface area contributed by atoms with Crippen LogP contribution in [-0.2, 0) is 11.2 Å². The number of carbonyl (C=O) groups is 1. The number of amides is 1. The molecule has 1 fully saturated rings. The van der Waals surface area contributed by atoms with Crippen molar-refractivity contribution in [3.63, 3.8) is 0 Å². The molecule has 6 rings (SSSR count). The van der Waals surface area contributed by atoms with Crippen molar-refractivity contribution < 1.29 is 22.7 Å². The van der Waals surface area contributed by atoms with Gasteiger partial charge in [-0.1, -0.05) is 13.0 Å². The molecule has 1 saturated heterocycles. The van der Waals surface area contributed by atoms with Gasteiger partial charge in [0.1, 0.15) is 35.0 Å². The molecule has 0 atom stereocenters. The van der Waals surface area contributed by atoms with Gasteiger partial charge in [-0.05, 0) is 38.0 Å². The molecular weight excluding hydrogens is 625 g/mol. The Morgan fingerprint density at radius 3 is 2.56 bits per heavy atom. The van der Waals surface area contributed by atoms with Crippen LogP contribution in [0, 0.1) is 31.3 Å². The van der Waals surface area contributed by atoms with Crippen LogP contribution in [0.25, 0.3) is 11.5 Å². The molecule has 1 amide bonds. The summed E-state index contributed by atoms with van der Waals surface area (Å²) in [6.45, 7) is 9.87. The van der Waals surface area contributed by atoms with E-state index in [1.54, 1.807) is 42.1 Å². The fraction of sp³-hybridized carbons (Fsp3) is 0.303. The zero-order chi connectivity index (χ0) is 33.8. The van der Waals surface area contributed by atoms with Crippen molar-refractivity contribution in [2.75, 3.05) is 55.3 Å². The number of morpholine rings is 1. The van der Waals surface area contributed by atoms with Crippen molar-refractivity contribution in [1.82, 2.24) is 34.0 Å². The fourth-order valence-electron chi connectivity index (χ4n) is 5.45.